The van der Waals surface area contributed by atoms with Crippen molar-refractivity contribution in [2.75, 3.05) is 0 Å². The van der Waals surface area contributed by atoms with Gasteiger partial charge in [0, 0.05) is 22.7 Å². The number of nitrogens with two attached hydrogens (primary N) is 1. The van der Waals surface area contributed by atoms with Crippen LogP contribution in [-0.4, -0.2) is 4.98 Å². The first-order chi connectivity index (χ1) is 8.60. The molecule has 0 aliphatic heterocycles. The van der Waals surface area contributed by atoms with E-state index in [0.29, 0.717) is 0 Å². The van der Waals surface area contributed by atoms with Crippen LogP contribution in [0.1, 0.15) is 27.9 Å². The summed E-state index contributed by atoms with van der Waals surface area (Å²) in [5.74, 6) is 5.68. The number of nitrogens with zero attached hydrogens (tertiary/aromatic N) is 1. The third-order valence-electron chi connectivity index (χ3n) is 2.88. The minimum Gasteiger partial charge on any atom is -0.271 e. The lowest BCUT2D eigenvalue weighted by molar-refractivity contribution is 0.550. The fourth-order valence-corrected chi connectivity index (χ4v) is 3.52. The summed E-state index contributed by atoms with van der Waals surface area (Å²) in [5, 5.41) is 0. The highest BCUT2D eigenvalue weighted by Crippen LogP contribution is 2.27. The summed E-state index contributed by atoms with van der Waals surface area (Å²) in [7, 11) is 0. The van der Waals surface area contributed by atoms with Gasteiger partial charge >= 0.3 is 0 Å². The Morgan fingerprint density at radius 3 is 2.67 bits per heavy atom. The lowest BCUT2D eigenvalue weighted by atomic mass is 10.0. The average Bonchev–Trinajstić information content (AvgIpc) is 2.72. The summed E-state index contributed by atoms with van der Waals surface area (Å²) in [4.78, 5) is 5.78. The van der Waals surface area contributed by atoms with Crippen LogP contribution in [0.25, 0.3) is 0 Å². The first-order valence-electron chi connectivity index (χ1n) is 5.74. The smallest absolute Gasteiger partial charge is 0.0701 e. The molecule has 0 radical (unpaired) electrons. The number of pyridine rings is 1. The summed E-state index contributed by atoms with van der Waals surface area (Å²) in [5.41, 5.74) is 6.12. The molecule has 0 aromatic carbocycles. The highest BCUT2D eigenvalue weighted by molar-refractivity contribution is 9.11. The molecule has 96 valence electrons. The number of nitrogens with one attached hydrogen (secondary N) is 1. The average molecular weight is 326 g/mol. The molecule has 1 unspecified atom stereocenters. The van der Waals surface area contributed by atoms with Crippen molar-refractivity contribution in [2.24, 2.45) is 5.84 Å². The van der Waals surface area contributed by atoms with Crippen LogP contribution >= 0.6 is 27.3 Å². The normalized spacial score (nSPS) is 12.7. The molecule has 0 bridgehead atoms. The van der Waals surface area contributed by atoms with E-state index in [1.54, 1.807) is 11.3 Å². The number of thiophene rings is 1. The molecule has 5 heteroatoms. The van der Waals surface area contributed by atoms with Gasteiger partial charge in [-0.2, -0.15) is 0 Å². The van der Waals surface area contributed by atoms with Crippen molar-refractivity contribution in [3.05, 3.63) is 49.9 Å². The molecule has 0 saturated heterocycles. The van der Waals surface area contributed by atoms with Gasteiger partial charge in [-0.25, -0.2) is 0 Å². The second-order valence-corrected chi connectivity index (χ2v) is 6.80. The van der Waals surface area contributed by atoms with E-state index in [0.717, 1.165) is 27.2 Å². The first-order valence-corrected chi connectivity index (χ1v) is 7.35. The monoisotopic (exact) mass is 325 g/mol. The van der Waals surface area contributed by atoms with Crippen molar-refractivity contribution < 1.29 is 0 Å². The second kappa shape index (κ2) is 5.93. The molecule has 3 N–H and O–H groups in total. The van der Waals surface area contributed by atoms with Crippen LogP contribution < -0.4 is 11.3 Å². The lowest BCUT2D eigenvalue weighted by Gasteiger charge is -2.17. The molecule has 0 fully saturated rings. The third-order valence-corrected chi connectivity index (χ3v) is 4.52. The summed E-state index contributed by atoms with van der Waals surface area (Å²) >= 11 is 5.21. The first kappa shape index (κ1) is 13.7. The van der Waals surface area contributed by atoms with Gasteiger partial charge in [-0.1, -0.05) is 6.07 Å². The third kappa shape index (κ3) is 3.17. The molecule has 0 saturated carbocycles. The molecule has 0 aliphatic carbocycles. The molecule has 18 heavy (non-hydrogen) atoms. The van der Waals surface area contributed by atoms with E-state index in [2.05, 4.69) is 44.5 Å². The zero-order valence-corrected chi connectivity index (χ0v) is 12.8. The van der Waals surface area contributed by atoms with Crippen molar-refractivity contribution in [2.45, 2.75) is 26.3 Å². The number of hydrogen-bond acceptors (Lipinski definition) is 4. The Morgan fingerprint density at radius 1 is 1.33 bits per heavy atom. The molecule has 2 aromatic rings. The zero-order chi connectivity index (χ0) is 13.1. The Hall–Kier alpha value is -0.750. The van der Waals surface area contributed by atoms with Gasteiger partial charge in [0.1, 0.15) is 0 Å². The van der Waals surface area contributed by atoms with Gasteiger partial charge in [0.2, 0.25) is 0 Å². The SMILES string of the molecule is Cc1ccc(C(Cc2ccc(Br)s2)NN)c(C)n1. The Bertz CT molecular complexity index is 539. The summed E-state index contributed by atoms with van der Waals surface area (Å²) in [6, 6.07) is 8.41. The summed E-state index contributed by atoms with van der Waals surface area (Å²) in [6.07, 6.45) is 0.873. The lowest BCUT2D eigenvalue weighted by Crippen LogP contribution is -2.30. The number of aryl methyl sites for hydroxylation is 2. The molecule has 1 atom stereocenters. The van der Waals surface area contributed by atoms with Crippen LogP contribution in [0.15, 0.2) is 28.1 Å². The van der Waals surface area contributed by atoms with Crippen molar-refractivity contribution in [1.82, 2.24) is 10.4 Å². The minimum atomic E-state index is 0.101. The number of halogens is 1. The number of rotatable bonds is 4. The van der Waals surface area contributed by atoms with Crippen LogP contribution in [0, 0.1) is 13.8 Å². The van der Waals surface area contributed by atoms with E-state index in [9.17, 15) is 0 Å². The Kier molecular flexibility index (Phi) is 4.50. The van der Waals surface area contributed by atoms with E-state index in [4.69, 9.17) is 5.84 Å². The molecule has 3 nitrogen and oxygen atoms in total. The van der Waals surface area contributed by atoms with Gasteiger partial charge in [-0.15, -0.1) is 11.3 Å². The number of hydrogen-bond donors (Lipinski definition) is 2. The maximum absolute atomic E-state index is 5.68. The maximum atomic E-state index is 5.68. The maximum Gasteiger partial charge on any atom is 0.0701 e. The molecule has 0 spiro atoms. The van der Waals surface area contributed by atoms with E-state index < -0.39 is 0 Å². The van der Waals surface area contributed by atoms with E-state index >= 15 is 0 Å². The van der Waals surface area contributed by atoms with Crippen molar-refractivity contribution in [1.29, 1.82) is 0 Å². The molecular formula is C13H16BrN3S. The van der Waals surface area contributed by atoms with Gasteiger partial charge in [0.25, 0.3) is 0 Å². The van der Waals surface area contributed by atoms with Crippen LogP contribution in [0.3, 0.4) is 0 Å². The van der Waals surface area contributed by atoms with Gasteiger partial charge in [0.05, 0.1) is 9.83 Å². The van der Waals surface area contributed by atoms with Crippen LogP contribution in [-0.2, 0) is 6.42 Å². The van der Waals surface area contributed by atoms with Crippen molar-refractivity contribution >= 4 is 27.3 Å². The molecule has 2 heterocycles. The predicted molar refractivity (Wildman–Crippen MR) is 79.5 cm³/mol. The van der Waals surface area contributed by atoms with E-state index in [1.807, 2.05) is 19.9 Å². The molecule has 2 rings (SSSR count). The van der Waals surface area contributed by atoms with Gasteiger partial charge < -0.3 is 0 Å². The number of hydrazine groups is 1. The number of aromatic nitrogens is 1. The van der Waals surface area contributed by atoms with Crippen LogP contribution in [0.5, 0.6) is 0 Å². The zero-order valence-electron chi connectivity index (χ0n) is 10.4. The van der Waals surface area contributed by atoms with E-state index in [-0.39, 0.29) is 6.04 Å². The fraction of sp³-hybridized carbons (Fsp3) is 0.308. The molecule has 0 amide bonds. The Labute approximate surface area is 120 Å². The van der Waals surface area contributed by atoms with Gasteiger partial charge in [0.15, 0.2) is 0 Å². The Morgan fingerprint density at radius 2 is 2.11 bits per heavy atom. The fourth-order valence-electron chi connectivity index (χ4n) is 1.99. The summed E-state index contributed by atoms with van der Waals surface area (Å²) < 4.78 is 1.15. The molecule has 0 aliphatic rings. The van der Waals surface area contributed by atoms with Crippen molar-refractivity contribution in [3.63, 3.8) is 0 Å². The van der Waals surface area contributed by atoms with E-state index in [1.165, 1.54) is 4.88 Å². The second-order valence-electron chi connectivity index (χ2n) is 4.26. The van der Waals surface area contributed by atoms with Gasteiger partial charge in [-0.3, -0.25) is 16.3 Å². The highest BCUT2D eigenvalue weighted by atomic mass is 79.9. The van der Waals surface area contributed by atoms with Gasteiger partial charge in [-0.05, 0) is 53.5 Å². The van der Waals surface area contributed by atoms with Crippen molar-refractivity contribution in [3.8, 4) is 0 Å². The quantitative estimate of drug-likeness (QED) is 0.670. The highest BCUT2D eigenvalue weighted by Gasteiger charge is 2.14. The van der Waals surface area contributed by atoms with Crippen LogP contribution in [0.2, 0.25) is 0 Å². The minimum absolute atomic E-state index is 0.101. The summed E-state index contributed by atoms with van der Waals surface area (Å²) in [6.45, 7) is 4.02. The molecular weight excluding hydrogens is 310 g/mol. The standard InChI is InChI=1S/C13H16BrN3S/c1-8-3-5-11(9(2)16-8)12(17-15)7-10-4-6-13(14)18-10/h3-6,12,17H,7,15H2,1-2H3. The topological polar surface area (TPSA) is 50.9 Å². The predicted octanol–water partition coefficient (Wildman–Crippen LogP) is 3.27. The van der Waals surface area contributed by atoms with Crippen LogP contribution in [0.4, 0.5) is 0 Å². The molecule has 2 aromatic heterocycles. The largest absolute Gasteiger partial charge is 0.271 e. The Balaban J connectivity index is 2.22.